The first-order valence-corrected chi connectivity index (χ1v) is 9.89. The Morgan fingerprint density at radius 3 is 2.74 bits per heavy atom. The van der Waals surface area contributed by atoms with E-state index in [1.807, 2.05) is 45.0 Å². The Hall–Kier alpha value is -1.73. The van der Waals surface area contributed by atoms with Gasteiger partial charge in [-0.1, -0.05) is 11.6 Å². The number of carbonyl (C=O) groups excluding carboxylic acids is 1. The van der Waals surface area contributed by atoms with Crippen LogP contribution >= 0.6 is 11.6 Å². The second-order valence-electron chi connectivity index (χ2n) is 7.37. The molecule has 0 aromatic carbocycles. The topological polar surface area (TPSA) is 56.1 Å². The van der Waals surface area contributed by atoms with E-state index in [-0.39, 0.29) is 11.9 Å². The zero-order chi connectivity index (χ0) is 20.0. The van der Waals surface area contributed by atoms with Gasteiger partial charge in [-0.3, -0.25) is 14.7 Å². The molecule has 0 spiro atoms. The molecule has 8 heteroatoms. The largest absolute Gasteiger partial charge is 0.356 e. The van der Waals surface area contributed by atoms with Crippen LogP contribution in [0.3, 0.4) is 0 Å². The highest BCUT2D eigenvalue weighted by Crippen LogP contribution is 2.18. The molecule has 27 heavy (non-hydrogen) atoms. The number of hydrogen-bond donors (Lipinski definition) is 1. The summed E-state index contributed by atoms with van der Waals surface area (Å²) >= 11 is 6.06. The van der Waals surface area contributed by atoms with Gasteiger partial charge < -0.3 is 19.7 Å². The van der Waals surface area contributed by atoms with Gasteiger partial charge in [-0.15, -0.1) is 0 Å². The van der Waals surface area contributed by atoms with E-state index in [4.69, 9.17) is 11.6 Å². The second kappa shape index (κ2) is 9.99. The van der Waals surface area contributed by atoms with E-state index in [9.17, 15) is 4.79 Å². The Balaban J connectivity index is 1.77. The molecule has 1 fully saturated rings. The minimum Gasteiger partial charge on any atom is -0.356 e. The number of halogens is 1. The van der Waals surface area contributed by atoms with Gasteiger partial charge in [0.25, 0.3) is 0 Å². The number of nitrogens with zero attached hydrogens (tertiary/aromatic N) is 5. The van der Waals surface area contributed by atoms with E-state index in [0.29, 0.717) is 0 Å². The van der Waals surface area contributed by atoms with Crippen molar-refractivity contribution in [2.24, 2.45) is 12.0 Å². The minimum absolute atomic E-state index is 0.0454. The van der Waals surface area contributed by atoms with Crippen LogP contribution in [0.5, 0.6) is 0 Å². The van der Waals surface area contributed by atoms with Crippen LogP contribution in [-0.2, 0) is 18.4 Å². The maximum Gasteiger partial charge on any atom is 0.239 e. The zero-order valence-corrected chi connectivity index (χ0v) is 18.0. The predicted molar refractivity (Wildman–Crippen MR) is 111 cm³/mol. The van der Waals surface area contributed by atoms with Crippen molar-refractivity contribution in [1.29, 1.82) is 0 Å². The van der Waals surface area contributed by atoms with Gasteiger partial charge in [-0.25, -0.2) is 0 Å². The van der Waals surface area contributed by atoms with Crippen LogP contribution in [0.1, 0.15) is 25.0 Å². The number of aryl methyl sites for hydroxylation is 1. The standard InChI is InChI=1S/C19H33ClN6O/c1-21-19(25(5)14-16-12-15(20)13-24(16)4)22-9-7-11-26-10-6-8-17(26)18(27)23(2)3/h12-13,17H,6-11,14H2,1-5H3,(H,21,22). The fourth-order valence-electron chi connectivity index (χ4n) is 3.58. The third kappa shape index (κ3) is 5.87. The third-order valence-corrected chi connectivity index (χ3v) is 5.25. The van der Waals surface area contributed by atoms with Crippen molar-refractivity contribution in [2.45, 2.75) is 31.8 Å². The van der Waals surface area contributed by atoms with Gasteiger partial charge in [0.15, 0.2) is 5.96 Å². The third-order valence-electron chi connectivity index (χ3n) is 5.04. The molecule has 1 atom stereocenters. The molecular weight excluding hydrogens is 364 g/mol. The van der Waals surface area contributed by atoms with Crippen LogP contribution in [0, 0.1) is 0 Å². The Morgan fingerprint density at radius 2 is 2.15 bits per heavy atom. The smallest absolute Gasteiger partial charge is 0.239 e. The lowest BCUT2D eigenvalue weighted by Crippen LogP contribution is -2.44. The molecule has 1 unspecified atom stereocenters. The number of amides is 1. The average Bonchev–Trinajstić information content (AvgIpc) is 3.20. The minimum atomic E-state index is 0.0454. The van der Waals surface area contributed by atoms with Crippen molar-refractivity contribution in [3.63, 3.8) is 0 Å². The van der Waals surface area contributed by atoms with E-state index >= 15 is 0 Å². The zero-order valence-electron chi connectivity index (χ0n) is 17.2. The van der Waals surface area contributed by atoms with Crippen molar-refractivity contribution in [2.75, 3.05) is 47.8 Å². The summed E-state index contributed by atoms with van der Waals surface area (Å²) in [6, 6.07) is 2.02. The SMILES string of the molecule is CN=C(NCCCN1CCCC1C(=O)N(C)C)N(C)Cc1cc(Cl)cn1C. The van der Waals surface area contributed by atoms with Crippen LogP contribution in [-0.4, -0.2) is 85.0 Å². The maximum atomic E-state index is 12.3. The lowest BCUT2D eigenvalue weighted by atomic mass is 10.2. The van der Waals surface area contributed by atoms with Crippen molar-refractivity contribution >= 4 is 23.5 Å². The van der Waals surface area contributed by atoms with Gasteiger partial charge in [-0.05, 0) is 31.9 Å². The fourth-order valence-corrected chi connectivity index (χ4v) is 3.85. The summed E-state index contributed by atoms with van der Waals surface area (Å²) in [4.78, 5) is 22.7. The van der Waals surface area contributed by atoms with Crippen molar-refractivity contribution in [1.82, 2.24) is 24.6 Å². The summed E-state index contributed by atoms with van der Waals surface area (Å²) < 4.78 is 2.03. The Bertz CT molecular complexity index is 657. The molecule has 0 radical (unpaired) electrons. The molecule has 7 nitrogen and oxygen atoms in total. The lowest BCUT2D eigenvalue weighted by Gasteiger charge is -2.26. The number of hydrogen-bond acceptors (Lipinski definition) is 3. The highest BCUT2D eigenvalue weighted by molar-refractivity contribution is 6.30. The van der Waals surface area contributed by atoms with E-state index in [1.165, 1.54) is 0 Å². The summed E-state index contributed by atoms with van der Waals surface area (Å²) in [7, 11) is 9.47. The second-order valence-corrected chi connectivity index (χ2v) is 7.81. The number of likely N-dealkylation sites (tertiary alicyclic amines) is 1. The molecule has 1 amide bonds. The Labute approximate surface area is 168 Å². The van der Waals surface area contributed by atoms with Gasteiger partial charge in [0.2, 0.25) is 5.91 Å². The first-order valence-electron chi connectivity index (χ1n) is 9.51. The molecule has 0 aliphatic carbocycles. The van der Waals surface area contributed by atoms with Crippen molar-refractivity contribution in [3.8, 4) is 0 Å². The fraction of sp³-hybridized carbons (Fsp3) is 0.684. The number of aromatic nitrogens is 1. The molecular formula is C19H33ClN6O. The first-order chi connectivity index (χ1) is 12.8. The molecule has 2 heterocycles. The van der Waals surface area contributed by atoms with E-state index in [2.05, 4.69) is 20.1 Å². The highest BCUT2D eigenvalue weighted by atomic mass is 35.5. The van der Waals surface area contributed by atoms with Gasteiger partial charge >= 0.3 is 0 Å². The van der Waals surface area contributed by atoms with Gasteiger partial charge in [0.1, 0.15) is 0 Å². The number of likely N-dealkylation sites (N-methyl/N-ethyl adjacent to an activating group) is 1. The summed E-state index contributed by atoms with van der Waals surface area (Å²) in [6.07, 6.45) is 4.94. The Kier molecular flexibility index (Phi) is 7.98. The first kappa shape index (κ1) is 21.6. The molecule has 1 aromatic heterocycles. The van der Waals surface area contributed by atoms with Gasteiger partial charge in [0, 0.05) is 60.2 Å². The number of aliphatic imine (C=N–C) groups is 1. The molecule has 0 bridgehead atoms. The van der Waals surface area contributed by atoms with Crippen molar-refractivity contribution < 1.29 is 4.79 Å². The van der Waals surface area contributed by atoms with E-state index < -0.39 is 0 Å². The number of carbonyl (C=O) groups is 1. The summed E-state index contributed by atoms with van der Waals surface area (Å²) in [5, 5.41) is 4.16. The monoisotopic (exact) mass is 396 g/mol. The van der Waals surface area contributed by atoms with Crippen LogP contribution in [0.2, 0.25) is 5.02 Å². The molecule has 152 valence electrons. The number of rotatable bonds is 7. The van der Waals surface area contributed by atoms with Gasteiger partial charge in [-0.2, -0.15) is 0 Å². The molecule has 2 rings (SSSR count). The highest BCUT2D eigenvalue weighted by Gasteiger charge is 2.30. The summed E-state index contributed by atoms with van der Waals surface area (Å²) in [5.41, 5.74) is 1.13. The van der Waals surface area contributed by atoms with Gasteiger partial charge in [0.05, 0.1) is 17.6 Å². The van der Waals surface area contributed by atoms with E-state index in [0.717, 1.165) is 62.1 Å². The number of nitrogens with one attached hydrogen (secondary N) is 1. The normalized spacial score (nSPS) is 18.0. The molecule has 1 saturated heterocycles. The van der Waals surface area contributed by atoms with Crippen LogP contribution < -0.4 is 5.32 Å². The molecule has 1 aliphatic heterocycles. The predicted octanol–water partition coefficient (Wildman–Crippen LogP) is 1.63. The lowest BCUT2D eigenvalue weighted by molar-refractivity contribution is -0.133. The van der Waals surface area contributed by atoms with Crippen molar-refractivity contribution in [3.05, 3.63) is 23.0 Å². The molecule has 1 aliphatic rings. The summed E-state index contributed by atoms with van der Waals surface area (Å²) in [6.45, 7) is 3.48. The average molecular weight is 397 g/mol. The maximum absolute atomic E-state index is 12.3. The van der Waals surface area contributed by atoms with E-state index in [1.54, 1.807) is 11.9 Å². The Morgan fingerprint density at radius 1 is 1.41 bits per heavy atom. The summed E-state index contributed by atoms with van der Waals surface area (Å²) in [5.74, 6) is 1.08. The van der Waals surface area contributed by atoms with Crippen LogP contribution in [0.15, 0.2) is 17.3 Å². The molecule has 1 aromatic rings. The molecule has 0 saturated carbocycles. The quantitative estimate of drug-likeness (QED) is 0.432. The number of guanidine groups is 1. The van der Waals surface area contributed by atoms with Crippen LogP contribution in [0.25, 0.3) is 0 Å². The van der Waals surface area contributed by atoms with Crippen LogP contribution in [0.4, 0.5) is 0 Å². The molecule has 1 N–H and O–H groups in total.